The molecule has 0 atom stereocenters. The molecule has 0 radical (unpaired) electrons. The Morgan fingerprint density at radius 2 is 0.657 bits per heavy atom. The summed E-state index contributed by atoms with van der Waals surface area (Å²) in [6.07, 6.45) is 0. The molecule has 0 saturated carbocycles. The lowest BCUT2D eigenvalue weighted by molar-refractivity contribution is 1.16. The van der Waals surface area contributed by atoms with Crippen molar-refractivity contribution in [2.45, 2.75) is 0 Å². The first-order valence-electron chi connectivity index (χ1n) is 24.2. The first-order valence-corrected chi connectivity index (χ1v) is 26.2. The van der Waals surface area contributed by atoms with Gasteiger partial charge in [-0.25, -0.2) is 0 Å². The van der Waals surface area contributed by atoms with Gasteiger partial charge in [0.2, 0.25) is 0 Å². The van der Waals surface area contributed by atoms with Gasteiger partial charge in [0.25, 0.3) is 0 Å². The topological polar surface area (TPSA) is 14.8 Å². The number of para-hydroxylation sites is 3. The van der Waals surface area contributed by atoms with Crippen LogP contribution in [0.25, 0.3) is 93.6 Å². The maximum Gasteiger partial charge on any atom is 0.179 e. The summed E-state index contributed by atoms with van der Waals surface area (Å²) in [5.74, 6) is 0. The van der Waals surface area contributed by atoms with Gasteiger partial charge < -0.3 is 13.7 Å². The van der Waals surface area contributed by atoms with Gasteiger partial charge in [0.05, 0.1) is 38.8 Å². The summed E-state index contributed by atoms with van der Waals surface area (Å²) in [6.45, 7) is 0. The predicted octanol–water partition coefficient (Wildman–Crippen LogP) is 14.0. The highest BCUT2D eigenvalue weighted by molar-refractivity contribution is 7.19. The van der Waals surface area contributed by atoms with Crippen LogP contribution in [0.3, 0.4) is 0 Å². The largest absolute Gasteiger partial charge is 0.309 e. The monoisotopic (exact) mass is 907 g/mol. The number of hydrogen-bond donors (Lipinski definition) is 0. The van der Waals surface area contributed by atoms with Crippen LogP contribution >= 0.6 is 0 Å². The highest BCUT2D eigenvalue weighted by Crippen LogP contribution is 2.42. The summed E-state index contributed by atoms with van der Waals surface area (Å²) >= 11 is 0. The van der Waals surface area contributed by atoms with E-state index in [4.69, 9.17) is 0 Å². The summed E-state index contributed by atoms with van der Waals surface area (Å²) in [6, 6.07) is 101. The third kappa shape index (κ3) is 6.00. The highest BCUT2D eigenvalue weighted by atomic mass is 28.3. The van der Waals surface area contributed by atoms with Gasteiger partial charge in [-0.2, -0.15) is 0 Å². The van der Waals surface area contributed by atoms with Crippen LogP contribution in [0.5, 0.6) is 0 Å². The predicted molar refractivity (Wildman–Crippen MR) is 299 cm³/mol. The lowest BCUT2D eigenvalue weighted by Gasteiger charge is -2.34. The molecule has 3 aromatic heterocycles. The normalized spacial score (nSPS) is 12.0. The Labute approximate surface area is 407 Å². The van der Waals surface area contributed by atoms with Crippen LogP contribution in [0.15, 0.2) is 273 Å². The van der Waals surface area contributed by atoms with Gasteiger partial charge in [-0.1, -0.05) is 200 Å². The van der Waals surface area contributed by atoms with Crippen LogP contribution < -0.4 is 20.7 Å². The van der Waals surface area contributed by atoms with Crippen molar-refractivity contribution in [1.82, 2.24) is 13.7 Å². The molecule has 11 aromatic carbocycles. The van der Waals surface area contributed by atoms with Gasteiger partial charge >= 0.3 is 0 Å². The van der Waals surface area contributed by atoms with E-state index >= 15 is 0 Å². The van der Waals surface area contributed by atoms with Crippen LogP contribution in [0.4, 0.5) is 0 Å². The van der Waals surface area contributed by atoms with Crippen molar-refractivity contribution >= 4 is 94.2 Å². The molecule has 0 aliphatic heterocycles. The molecule has 0 bridgehead atoms. The average Bonchev–Trinajstić information content (AvgIpc) is 4.08. The van der Waals surface area contributed by atoms with Crippen LogP contribution in [0, 0.1) is 0 Å². The molecule has 0 aliphatic carbocycles. The SMILES string of the molecule is c1ccc(-c2ccc3c(c2)c2c(-n4c5ccccc5c5ccccc54)cccc2n3-c2ccc3c(c2)c2ccccc2n3-c2cccc([Si](c3ccccc3)(c3ccccc3)c3ccccc3)c2)cc1. The van der Waals surface area contributed by atoms with Crippen molar-refractivity contribution in [3.63, 3.8) is 0 Å². The zero-order valence-corrected chi connectivity index (χ0v) is 39.3. The second-order valence-electron chi connectivity index (χ2n) is 18.4. The molecule has 14 rings (SSSR count). The smallest absolute Gasteiger partial charge is 0.179 e. The van der Waals surface area contributed by atoms with E-state index in [0.29, 0.717) is 0 Å². The van der Waals surface area contributed by atoms with E-state index in [0.717, 1.165) is 11.4 Å². The fraction of sp³-hybridized carbons (Fsp3) is 0. The summed E-state index contributed by atoms with van der Waals surface area (Å²) in [7, 11) is -2.78. The lowest BCUT2D eigenvalue weighted by Crippen LogP contribution is -2.74. The maximum atomic E-state index is 2.49. The number of hydrogen-bond acceptors (Lipinski definition) is 0. The number of nitrogens with zero attached hydrogens (tertiary/aromatic N) is 3. The van der Waals surface area contributed by atoms with Crippen LogP contribution in [-0.4, -0.2) is 21.8 Å². The molecule has 14 aromatic rings. The molecule has 0 aliphatic rings. The minimum Gasteiger partial charge on any atom is -0.309 e. The van der Waals surface area contributed by atoms with Crippen molar-refractivity contribution < 1.29 is 0 Å². The maximum absolute atomic E-state index is 2.78. The zero-order chi connectivity index (χ0) is 46.2. The Morgan fingerprint density at radius 3 is 1.27 bits per heavy atom. The van der Waals surface area contributed by atoms with E-state index in [1.165, 1.54) is 103 Å². The standard InChI is InChI=1S/C66H45N3Si/c1-5-21-46(22-6-1)47-39-41-63-58(43-47)66-64(37-20-38-65(66)69-60-35-17-13-31-54(60)55-32-14-18-36-61(55)69)68(63)49-40-42-62-57(45-49)56-33-15-16-34-59(56)67(62)48-23-19-30-53(44-48)70(50-24-7-2-8-25-50,51-26-9-3-10-27-51)52-28-11-4-12-29-52/h1-45H. The van der Waals surface area contributed by atoms with Crippen LogP contribution in [-0.2, 0) is 0 Å². The minimum atomic E-state index is -2.78. The van der Waals surface area contributed by atoms with Crippen molar-refractivity contribution in [2.75, 3.05) is 0 Å². The third-order valence-electron chi connectivity index (χ3n) is 14.8. The Morgan fingerprint density at radius 1 is 0.229 bits per heavy atom. The van der Waals surface area contributed by atoms with E-state index in [9.17, 15) is 0 Å². The fourth-order valence-corrected chi connectivity index (χ4v) is 16.6. The molecule has 3 heterocycles. The van der Waals surface area contributed by atoms with Gasteiger partial charge in [0, 0.05) is 43.7 Å². The molecule has 4 heteroatoms. The van der Waals surface area contributed by atoms with E-state index in [2.05, 4.69) is 287 Å². The van der Waals surface area contributed by atoms with Gasteiger partial charge in [-0.15, -0.1) is 0 Å². The van der Waals surface area contributed by atoms with Crippen molar-refractivity contribution in [3.8, 4) is 28.2 Å². The van der Waals surface area contributed by atoms with E-state index in [1.54, 1.807) is 0 Å². The summed E-state index contributed by atoms with van der Waals surface area (Å²) in [4.78, 5) is 0. The number of fused-ring (bicyclic) bond motifs is 9. The van der Waals surface area contributed by atoms with E-state index < -0.39 is 8.07 Å². The molecule has 0 saturated heterocycles. The lowest BCUT2D eigenvalue weighted by atomic mass is 10.0. The van der Waals surface area contributed by atoms with Gasteiger partial charge in [-0.05, 0) is 105 Å². The first kappa shape index (κ1) is 40.1. The first-order chi connectivity index (χ1) is 34.8. The molecule has 328 valence electrons. The molecule has 70 heavy (non-hydrogen) atoms. The summed E-state index contributed by atoms with van der Waals surface area (Å²) < 4.78 is 7.45. The average molecular weight is 908 g/mol. The van der Waals surface area contributed by atoms with Crippen LogP contribution in [0.1, 0.15) is 0 Å². The van der Waals surface area contributed by atoms with Gasteiger partial charge in [-0.3, -0.25) is 0 Å². The quantitative estimate of drug-likeness (QED) is 0.107. The third-order valence-corrected chi connectivity index (χ3v) is 19.5. The Balaban J connectivity index is 1.01. The zero-order valence-electron chi connectivity index (χ0n) is 38.3. The number of benzene rings is 11. The number of aromatic nitrogens is 3. The van der Waals surface area contributed by atoms with Crippen molar-refractivity contribution in [1.29, 1.82) is 0 Å². The van der Waals surface area contributed by atoms with Crippen LogP contribution in [0.2, 0.25) is 0 Å². The molecule has 0 N–H and O–H groups in total. The van der Waals surface area contributed by atoms with E-state index in [-0.39, 0.29) is 0 Å². The second-order valence-corrected chi connectivity index (χ2v) is 22.2. The molecule has 0 amide bonds. The summed E-state index contributed by atoms with van der Waals surface area (Å²) in [5.41, 5.74) is 12.9. The second kappa shape index (κ2) is 16.1. The molecule has 0 spiro atoms. The Bertz CT molecular complexity index is 4130. The fourth-order valence-electron chi connectivity index (χ4n) is 11.8. The molecule has 0 unspecified atom stereocenters. The molecular weight excluding hydrogens is 863 g/mol. The Hall–Kier alpha value is -8.96. The van der Waals surface area contributed by atoms with Crippen molar-refractivity contribution in [2.24, 2.45) is 0 Å². The molecule has 3 nitrogen and oxygen atoms in total. The Kier molecular flexibility index (Phi) is 9.23. The highest BCUT2D eigenvalue weighted by Gasteiger charge is 2.41. The minimum absolute atomic E-state index is 1.12. The molecular formula is C66H45N3Si. The van der Waals surface area contributed by atoms with E-state index in [1.807, 2.05) is 0 Å². The van der Waals surface area contributed by atoms with Gasteiger partial charge in [0.15, 0.2) is 8.07 Å². The van der Waals surface area contributed by atoms with Gasteiger partial charge in [0.1, 0.15) is 0 Å². The number of rotatable bonds is 8. The summed E-state index contributed by atoms with van der Waals surface area (Å²) in [5, 5.41) is 12.8. The van der Waals surface area contributed by atoms with Crippen molar-refractivity contribution in [3.05, 3.63) is 273 Å². The molecule has 0 fully saturated rings.